The van der Waals surface area contributed by atoms with Gasteiger partial charge in [0.1, 0.15) is 10.8 Å². The molecule has 0 amide bonds. The third-order valence-electron chi connectivity index (χ3n) is 3.11. The molecule has 2 rings (SSSR count). The van der Waals surface area contributed by atoms with Crippen molar-refractivity contribution in [2.24, 2.45) is 5.92 Å². The van der Waals surface area contributed by atoms with Gasteiger partial charge in [0, 0.05) is 13.1 Å². The van der Waals surface area contributed by atoms with Crippen molar-refractivity contribution >= 4 is 23.4 Å². The van der Waals surface area contributed by atoms with Crippen LogP contribution in [-0.4, -0.2) is 23.1 Å². The number of halogens is 1. The third-order valence-corrected chi connectivity index (χ3v) is 3.39. The fraction of sp³-hybridized carbons (Fsp3) is 0.667. The SMILES string of the molecule is CCNc1ncc(Cl)c(NCC2CCCC2)n1. The average molecular weight is 255 g/mol. The van der Waals surface area contributed by atoms with Crippen molar-refractivity contribution in [2.75, 3.05) is 23.7 Å². The molecule has 1 aromatic heterocycles. The Hall–Kier alpha value is -1.03. The normalized spacial score (nSPS) is 16.1. The fourth-order valence-corrected chi connectivity index (χ4v) is 2.35. The summed E-state index contributed by atoms with van der Waals surface area (Å²) in [6.45, 7) is 3.79. The maximum absolute atomic E-state index is 6.07. The molecule has 0 spiro atoms. The lowest BCUT2D eigenvalue weighted by Gasteiger charge is -2.12. The Labute approximate surface area is 107 Å². The molecule has 1 aromatic rings. The summed E-state index contributed by atoms with van der Waals surface area (Å²) in [5, 5.41) is 7.00. The zero-order valence-electron chi connectivity index (χ0n) is 10.2. The first kappa shape index (κ1) is 12.4. The van der Waals surface area contributed by atoms with Gasteiger partial charge in [-0.1, -0.05) is 24.4 Å². The van der Waals surface area contributed by atoms with E-state index in [1.807, 2.05) is 6.92 Å². The van der Waals surface area contributed by atoms with Crippen LogP contribution in [0.4, 0.5) is 11.8 Å². The standard InChI is InChI=1S/C12H19ClN4/c1-2-14-12-16-8-10(13)11(17-12)15-7-9-5-3-4-6-9/h8-9H,2-7H2,1H3,(H2,14,15,16,17). The van der Waals surface area contributed by atoms with Crippen LogP contribution in [0.2, 0.25) is 5.02 Å². The van der Waals surface area contributed by atoms with Gasteiger partial charge in [0.2, 0.25) is 5.95 Å². The molecule has 94 valence electrons. The van der Waals surface area contributed by atoms with Gasteiger partial charge in [0.15, 0.2) is 0 Å². The molecule has 0 bridgehead atoms. The number of hydrogen-bond acceptors (Lipinski definition) is 4. The number of nitrogens with one attached hydrogen (secondary N) is 2. The van der Waals surface area contributed by atoms with Gasteiger partial charge in [-0.05, 0) is 25.7 Å². The van der Waals surface area contributed by atoms with E-state index in [0.717, 1.165) is 24.8 Å². The van der Waals surface area contributed by atoms with Gasteiger partial charge in [-0.25, -0.2) is 4.98 Å². The minimum atomic E-state index is 0.588. The summed E-state index contributed by atoms with van der Waals surface area (Å²) >= 11 is 6.07. The van der Waals surface area contributed by atoms with Gasteiger partial charge in [-0.15, -0.1) is 0 Å². The largest absolute Gasteiger partial charge is 0.368 e. The monoisotopic (exact) mass is 254 g/mol. The smallest absolute Gasteiger partial charge is 0.224 e. The zero-order valence-corrected chi connectivity index (χ0v) is 10.9. The van der Waals surface area contributed by atoms with Gasteiger partial charge in [-0.3, -0.25) is 0 Å². The second-order valence-corrected chi connectivity index (χ2v) is 4.86. The molecule has 2 N–H and O–H groups in total. The second-order valence-electron chi connectivity index (χ2n) is 4.45. The summed E-state index contributed by atoms with van der Waals surface area (Å²) < 4.78 is 0. The molecule has 0 atom stereocenters. The molecule has 5 heteroatoms. The van der Waals surface area contributed by atoms with Gasteiger partial charge < -0.3 is 10.6 Å². The van der Waals surface area contributed by atoms with Crippen LogP contribution in [0.1, 0.15) is 32.6 Å². The number of aromatic nitrogens is 2. The van der Waals surface area contributed by atoms with E-state index >= 15 is 0 Å². The van der Waals surface area contributed by atoms with Crippen LogP contribution in [0.3, 0.4) is 0 Å². The number of nitrogens with zero attached hydrogens (tertiary/aromatic N) is 2. The minimum Gasteiger partial charge on any atom is -0.368 e. The lowest BCUT2D eigenvalue weighted by Crippen LogP contribution is -2.13. The van der Waals surface area contributed by atoms with Crippen molar-refractivity contribution in [1.82, 2.24) is 9.97 Å². The molecule has 1 aliphatic carbocycles. The number of rotatable bonds is 5. The molecule has 0 aliphatic heterocycles. The van der Waals surface area contributed by atoms with Crippen molar-refractivity contribution in [3.8, 4) is 0 Å². The Balaban J connectivity index is 1.95. The molecule has 0 aromatic carbocycles. The Bertz CT molecular complexity index is 364. The molecule has 1 fully saturated rings. The molecule has 0 saturated heterocycles. The second kappa shape index (κ2) is 6.05. The van der Waals surface area contributed by atoms with Crippen molar-refractivity contribution in [2.45, 2.75) is 32.6 Å². The first-order valence-electron chi connectivity index (χ1n) is 6.30. The topological polar surface area (TPSA) is 49.8 Å². The molecule has 1 heterocycles. The molecular weight excluding hydrogens is 236 g/mol. The van der Waals surface area contributed by atoms with E-state index in [-0.39, 0.29) is 0 Å². The van der Waals surface area contributed by atoms with Crippen LogP contribution in [0, 0.1) is 5.92 Å². The zero-order chi connectivity index (χ0) is 12.1. The highest BCUT2D eigenvalue weighted by Gasteiger charge is 2.15. The summed E-state index contributed by atoms with van der Waals surface area (Å²) in [6.07, 6.45) is 6.98. The molecule has 1 aliphatic rings. The third kappa shape index (κ3) is 3.46. The van der Waals surface area contributed by atoms with E-state index in [1.54, 1.807) is 6.20 Å². The summed E-state index contributed by atoms with van der Waals surface area (Å²) in [5.41, 5.74) is 0. The first-order chi connectivity index (χ1) is 8.29. The van der Waals surface area contributed by atoms with Crippen LogP contribution in [0.25, 0.3) is 0 Å². The Morgan fingerprint density at radius 2 is 2.12 bits per heavy atom. The average Bonchev–Trinajstić information content (AvgIpc) is 2.83. The van der Waals surface area contributed by atoms with Gasteiger partial charge >= 0.3 is 0 Å². The Morgan fingerprint density at radius 1 is 1.35 bits per heavy atom. The highest BCUT2D eigenvalue weighted by molar-refractivity contribution is 6.32. The van der Waals surface area contributed by atoms with Gasteiger partial charge in [0.05, 0.1) is 6.20 Å². The Kier molecular flexibility index (Phi) is 4.42. The lowest BCUT2D eigenvalue weighted by atomic mass is 10.1. The van der Waals surface area contributed by atoms with Crippen molar-refractivity contribution in [1.29, 1.82) is 0 Å². The van der Waals surface area contributed by atoms with Crippen LogP contribution in [-0.2, 0) is 0 Å². The van der Waals surface area contributed by atoms with Crippen molar-refractivity contribution in [3.05, 3.63) is 11.2 Å². The summed E-state index contributed by atoms with van der Waals surface area (Å²) in [5.74, 6) is 2.14. The lowest BCUT2D eigenvalue weighted by molar-refractivity contribution is 0.579. The molecule has 0 unspecified atom stereocenters. The van der Waals surface area contributed by atoms with Crippen LogP contribution in [0.15, 0.2) is 6.20 Å². The first-order valence-corrected chi connectivity index (χ1v) is 6.67. The van der Waals surface area contributed by atoms with Crippen LogP contribution in [0.5, 0.6) is 0 Å². The summed E-state index contributed by atoms with van der Waals surface area (Å²) in [4.78, 5) is 8.47. The quantitative estimate of drug-likeness (QED) is 0.848. The van der Waals surface area contributed by atoms with Gasteiger partial charge in [-0.2, -0.15) is 4.98 Å². The van der Waals surface area contributed by atoms with E-state index < -0.39 is 0 Å². The molecule has 0 radical (unpaired) electrons. The highest BCUT2D eigenvalue weighted by Crippen LogP contribution is 2.26. The van der Waals surface area contributed by atoms with Crippen LogP contribution < -0.4 is 10.6 Å². The minimum absolute atomic E-state index is 0.588. The summed E-state index contributed by atoms with van der Waals surface area (Å²) in [6, 6.07) is 0. The predicted molar refractivity (Wildman–Crippen MR) is 71.7 cm³/mol. The predicted octanol–water partition coefficient (Wildman–Crippen LogP) is 3.16. The number of hydrogen-bond donors (Lipinski definition) is 2. The van der Waals surface area contributed by atoms with E-state index in [0.29, 0.717) is 11.0 Å². The molecular formula is C12H19ClN4. The van der Waals surface area contributed by atoms with E-state index in [9.17, 15) is 0 Å². The van der Waals surface area contributed by atoms with Crippen molar-refractivity contribution in [3.63, 3.8) is 0 Å². The highest BCUT2D eigenvalue weighted by atomic mass is 35.5. The van der Waals surface area contributed by atoms with Crippen molar-refractivity contribution < 1.29 is 0 Å². The summed E-state index contributed by atoms with van der Waals surface area (Å²) in [7, 11) is 0. The van der Waals surface area contributed by atoms with E-state index in [1.165, 1.54) is 25.7 Å². The van der Waals surface area contributed by atoms with Gasteiger partial charge in [0.25, 0.3) is 0 Å². The maximum atomic E-state index is 6.07. The number of anilines is 2. The van der Waals surface area contributed by atoms with Crippen LogP contribution >= 0.6 is 11.6 Å². The van der Waals surface area contributed by atoms with E-state index in [4.69, 9.17) is 11.6 Å². The Morgan fingerprint density at radius 3 is 2.82 bits per heavy atom. The maximum Gasteiger partial charge on any atom is 0.224 e. The fourth-order valence-electron chi connectivity index (χ4n) is 2.19. The van der Waals surface area contributed by atoms with E-state index in [2.05, 4.69) is 20.6 Å². The molecule has 17 heavy (non-hydrogen) atoms. The molecule has 4 nitrogen and oxygen atoms in total. The molecule has 1 saturated carbocycles.